The van der Waals surface area contributed by atoms with Gasteiger partial charge in [0, 0.05) is 18.8 Å². The topological polar surface area (TPSA) is 88.3 Å². The summed E-state index contributed by atoms with van der Waals surface area (Å²) in [6.45, 7) is 3.82. The van der Waals surface area contributed by atoms with Crippen LogP contribution in [-0.2, 0) is 16.8 Å². The summed E-state index contributed by atoms with van der Waals surface area (Å²) in [6.07, 6.45) is 1.67. The van der Waals surface area contributed by atoms with E-state index in [1.165, 1.54) is 4.31 Å². The van der Waals surface area contributed by atoms with Crippen molar-refractivity contribution in [1.29, 1.82) is 0 Å². The third kappa shape index (κ3) is 3.99. The molecule has 1 fully saturated rings. The Balaban J connectivity index is 1.91. The van der Waals surface area contributed by atoms with Gasteiger partial charge in [0.15, 0.2) is 0 Å². The Labute approximate surface area is 120 Å². The van der Waals surface area contributed by atoms with Gasteiger partial charge < -0.3 is 5.73 Å². The minimum absolute atomic E-state index is 0.223. The largest absolute Gasteiger partial charge is 0.330 e. The summed E-state index contributed by atoms with van der Waals surface area (Å²) in [5.41, 5.74) is 7.22. The van der Waals surface area contributed by atoms with Crippen molar-refractivity contribution in [1.82, 2.24) is 14.0 Å². The van der Waals surface area contributed by atoms with Gasteiger partial charge in [0.05, 0.1) is 12.2 Å². The molecule has 1 aliphatic heterocycles. The van der Waals surface area contributed by atoms with E-state index in [9.17, 15) is 8.42 Å². The van der Waals surface area contributed by atoms with Gasteiger partial charge in [-0.2, -0.15) is 17.4 Å². The van der Waals surface area contributed by atoms with Gasteiger partial charge in [-0.05, 0) is 44.4 Å². The van der Waals surface area contributed by atoms with Gasteiger partial charge in [0.1, 0.15) is 0 Å². The van der Waals surface area contributed by atoms with Crippen LogP contribution in [0.2, 0.25) is 0 Å². The van der Waals surface area contributed by atoms with E-state index in [0.717, 1.165) is 24.2 Å². The van der Waals surface area contributed by atoms with Crippen LogP contribution in [0.1, 0.15) is 24.2 Å². The highest BCUT2D eigenvalue weighted by Gasteiger charge is 2.27. The van der Waals surface area contributed by atoms with Crippen LogP contribution in [0.5, 0.6) is 0 Å². The summed E-state index contributed by atoms with van der Waals surface area (Å²) in [5, 5.41) is 0. The molecule has 0 aliphatic carbocycles. The minimum atomic E-state index is -3.42. The van der Waals surface area contributed by atoms with E-state index < -0.39 is 10.2 Å². The van der Waals surface area contributed by atoms with Gasteiger partial charge >= 0.3 is 0 Å². The molecule has 0 unspecified atom stereocenters. The lowest BCUT2D eigenvalue weighted by molar-refractivity contribution is 0.275. The Morgan fingerprint density at radius 1 is 1.40 bits per heavy atom. The van der Waals surface area contributed by atoms with Gasteiger partial charge in [0.25, 0.3) is 10.2 Å². The third-order valence-electron chi connectivity index (χ3n) is 3.63. The van der Waals surface area contributed by atoms with Crippen molar-refractivity contribution in [2.24, 2.45) is 11.7 Å². The van der Waals surface area contributed by atoms with Gasteiger partial charge in [-0.3, -0.25) is 4.98 Å². The van der Waals surface area contributed by atoms with Crippen LogP contribution in [0.4, 0.5) is 0 Å². The number of hydrogen-bond donors (Lipinski definition) is 2. The molecule has 1 aliphatic rings. The number of pyridine rings is 1. The molecule has 0 bridgehead atoms. The molecular formula is C13H22N4O2S. The summed E-state index contributed by atoms with van der Waals surface area (Å²) in [4.78, 5) is 4.28. The fourth-order valence-corrected chi connectivity index (χ4v) is 3.54. The number of nitrogens with two attached hydrogens (primary N) is 1. The third-order valence-corrected chi connectivity index (χ3v) is 5.18. The zero-order chi connectivity index (χ0) is 14.6. The quantitative estimate of drug-likeness (QED) is 0.823. The molecule has 0 aromatic carbocycles. The zero-order valence-electron chi connectivity index (χ0n) is 11.7. The van der Waals surface area contributed by atoms with E-state index in [0.29, 0.717) is 25.6 Å². The van der Waals surface area contributed by atoms with Crippen molar-refractivity contribution in [3.8, 4) is 0 Å². The second-order valence-electron chi connectivity index (χ2n) is 5.17. The predicted molar refractivity (Wildman–Crippen MR) is 78.1 cm³/mol. The Morgan fingerprint density at radius 2 is 2.10 bits per heavy atom. The number of hydrogen-bond acceptors (Lipinski definition) is 4. The number of nitrogens with one attached hydrogen (secondary N) is 1. The molecule has 6 nitrogen and oxygen atoms in total. The van der Waals surface area contributed by atoms with Gasteiger partial charge in [-0.15, -0.1) is 0 Å². The summed E-state index contributed by atoms with van der Waals surface area (Å²) in [6, 6.07) is 5.57. The summed E-state index contributed by atoms with van der Waals surface area (Å²) >= 11 is 0. The maximum atomic E-state index is 12.2. The molecule has 2 rings (SSSR count). The molecule has 0 saturated carbocycles. The maximum Gasteiger partial charge on any atom is 0.279 e. The van der Waals surface area contributed by atoms with E-state index in [2.05, 4.69) is 9.71 Å². The molecule has 3 N–H and O–H groups in total. The molecule has 1 saturated heterocycles. The van der Waals surface area contributed by atoms with Crippen molar-refractivity contribution in [3.63, 3.8) is 0 Å². The molecule has 7 heteroatoms. The van der Waals surface area contributed by atoms with Crippen molar-refractivity contribution in [3.05, 3.63) is 29.6 Å². The predicted octanol–water partition coefficient (Wildman–Crippen LogP) is 0.395. The summed E-state index contributed by atoms with van der Waals surface area (Å²) in [7, 11) is -3.42. The molecule has 1 aromatic rings. The SMILES string of the molecule is Cc1cccc(CNS(=O)(=O)N2CCC(CN)CC2)n1. The average Bonchev–Trinajstić information content (AvgIpc) is 2.45. The molecular weight excluding hydrogens is 276 g/mol. The van der Waals surface area contributed by atoms with Crippen molar-refractivity contribution >= 4 is 10.2 Å². The lowest BCUT2D eigenvalue weighted by atomic mass is 9.99. The highest BCUT2D eigenvalue weighted by Crippen LogP contribution is 2.17. The van der Waals surface area contributed by atoms with Gasteiger partial charge in [-0.1, -0.05) is 6.07 Å². The first-order valence-corrected chi connectivity index (χ1v) is 8.32. The minimum Gasteiger partial charge on any atom is -0.330 e. The molecule has 0 radical (unpaired) electrons. The molecule has 0 spiro atoms. The highest BCUT2D eigenvalue weighted by atomic mass is 32.2. The van der Waals surface area contributed by atoms with Crippen LogP contribution in [-0.4, -0.2) is 37.3 Å². The lowest BCUT2D eigenvalue weighted by Crippen LogP contribution is -2.45. The fourth-order valence-electron chi connectivity index (χ4n) is 2.34. The Bertz CT molecular complexity index is 539. The van der Waals surface area contributed by atoms with E-state index in [-0.39, 0.29) is 6.54 Å². The van der Waals surface area contributed by atoms with Crippen molar-refractivity contribution < 1.29 is 8.42 Å². The van der Waals surface area contributed by atoms with Crippen LogP contribution in [0.15, 0.2) is 18.2 Å². The van der Waals surface area contributed by atoms with E-state index in [1.807, 2.05) is 25.1 Å². The van der Waals surface area contributed by atoms with Crippen LogP contribution in [0.3, 0.4) is 0 Å². The second-order valence-corrected chi connectivity index (χ2v) is 6.93. The number of piperidine rings is 1. The number of aryl methyl sites for hydroxylation is 1. The average molecular weight is 298 g/mol. The molecule has 20 heavy (non-hydrogen) atoms. The number of aromatic nitrogens is 1. The lowest BCUT2D eigenvalue weighted by Gasteiger charge is -2.30. The smallest absolute Gasteiger partial charge is 0.279 e. The standard InChI is InChI=1S/C13H22N4O2S/c1-11-3-2-4-13(16-11)10-15-20(18,19)17-7-5-12(9-14)6-8-17/h2-4,12,15H,5-10,14H2,1H3. The monoisotopic (exact) mass is 298 g/mol. The number of nitrogens with zero attached hydrogens (tertiary/aromatic N) is 2. The fraction of sp³-hybridized carbons (Fsp3) is 0.615. The molecule has 0 amide bonds. The van der Waals surface area contributed by atoms with Crippen molar-refractivity contribution in [2.45, 2.75) is 26.3 Å². The first-order valence-electron chi connectivity index (χ1n) is 6.88. The second kappa shape index (κ2) is 6.62. The summed E-state index contributed by atoms with van der Waals surface area (Å²) in [5.74, 6) is 0.444. The van der Waals surface area contributed by atoms with Gasteiger partial charge in [-0.25, -0.2) is 0 Å². The van der Waals surface area contributed by atoms with Crippen LogP contribution in [0, 0.1) is 12.8 Å². The first-order chi connectivity index (χ1) is 9.51. The van der Waals surface area contributed by atoms with Crippen LogP contribution < -0.4 is 10.5 Å². The van der Waals surface area contributed by atoms with E-state index in [1.54, 1.807) is 0 Å². The summed E-state index contributed by atoms with van der Waals surface area (Å²) < 4.78 is 28.5. The Kier molecular flexibility index (Phi) is 5.09. The Morgan fingerprint density at radius 3 is 2.70 bits per heavy atom. The number of rotatable bonds is 5. The van der Waals surface area contributed by atoms with Crippen LogP contribution in [0.25, 0.3) is 0 Å². The highest BCUT2D eigenvalue weighted by molar-refractivity contribution is 7.87. The molecule has 2 heterocycles. The molecule has 112 valence electrons. The zero-order valence-corrected chi connectivity index (χ0v) is 12.6. The first kappa shape index (κ1) is 15.4. The van der Waals surface area contributed by atoms with Gasteiger partial charge in [0.2, 0.25) is 0 Å². The Hall–Kier alpha value is -1.02. The van der Waals surface area contributed by atoms with Crippen molar-refractivity contribution in [2.75, 3.05) is 19.6 Å². The van der Waals surface area contributed by atoms with E-state index >= 15 is 0 Å². The maximum absolute atomic E-state index is 12.2. The normalized spacial score (nSPS) is 18.3. The molecule has 0 atom stereocenters. The molecule has 1 aromatic heterocycles. The van der Waals surface area contributed by atoms with Crippen LogP contribution >= 0.6 is 0 Å². The van der Waals surface area contributed by atoms with E-state index in [4.69, 9.17) is 5.73 Å².